The van der Waals surface area contributed by atoms with E-state index in [-0.39, 0.29) is 30.1 Å². The van der Waals surface area contributed by atoms with Crippen molar-refractivity contribution in [2.45, 2.75) is 45.3 Å². The molecule has 0 radical (unpaired) electrons. The zero-order valence-corrected chi connectivity index (χ0v) is 19.7. The van der Waals surface area contributed by atoms with Crippen LogP contribution in [0, 0.1) is 5.41 Å². The van der Waals surface area contributed by atoms with Crippen LogP contribution >= 0.6 is 35.3 Å². The average Bonchev–Trinajstić information content (AvgIpc) is 3.04. The lowest BCUT2D eigenvalue weighted by atomic mass is 9.67. The molecular formula is C18H33IN4O2S. The fourth-order valence-corrected chi connectivity index (χ4v) is 4.00. The summed E-state index contributed by atoms with van der Waals surface area (Å²) in [7, 11) is 7.38. The monoisotopic (exact) mass is 496 g/mol. The molecule has 2 rings (SSSR count). The van der Waals surface area contributed by atoms with Crippen molar-refractivity contribution >= 4 is 41.3 Å². The topological polar surface area (TPSA) is 59.0 Å². The first-order valence-corrected chi connectivity index (χ1v) is 9.79. The molecule has 0 saturated heterocycles. The summed E-state index contributed by atoms with van der Waals surface area (Å²) in [5.41, 5.74) is 1.42. The molecule has 6 nitrogen and oxygen atoms in total. The lowest BCUT2D eigenvalue weighted by Crippen LogP contribution is -2.47. The van der Waals surface area contributed by atoms with Gasteiger partial charge in [0.05, 0.1) is 12.2 Å². The Morgan fingerprint density at radius 2 is 2.19 bits per heavy atom. The van der Waals surface area contributed by atoms with E-state index in [1.54, 1.807) is 25.6 Å². The second-order valence-corrected chi connectivity index (χ2v) is 7.80. The molecule has 1 atom stereocenters. The highest BCUT2D eigenvalue weighted by Crippen LogP contribution is 2.43. The number of hydrogen-bond acceptors (Lipinski definition) is 5. The fraction of sp³-hybridized carbons (Fsp3) is 0.778. The predicted molar refractivity (Wildman–Crippen MR) is 119 cm³/mol. The number of ether oxygens (including phenoxy) is 2. The van der Waals surface area contributed by atoms with Gasteiger partial charge in [0, 0.05) is 46.8 Å². The van der Waals surface area contributed by atoms with Crippen molar-refractivity contribution in [3.8, 4) is 0 Å². The summed E-state index contributed by atoms with van der Waals surface area (Å²) < 4.78 is 10.6. The lowest BCUT2D eigenvalue weighted by Gasteiger charge is -2.42. The Hall–Kier alpha value is -0.450. The van der Waals surface area contributed by atoms with Crippen molar-refractivity contribution < 1.29 is 9.47 Å². The maximum absolute atomic E-state index is 5.34. The van der Waals surface area contributed by atoms with Crippen LogP contribution in [0.1, 0.15) is 49.4 Å². The molecule has 1 aromatic heterocycles. The first kappa shape index (κ1) is 23.6. The van der Waals surface area contributed by atoms with Crippen LogP contribution in [-0.2, 0) is 16.0 Å². The van der Waals surface area contributed by atoms with Crippen LogP contribution in [0.15, 0.2) is 10.4 Å². The van der Waals surface area contributed by atoms with Gasteiger partial charge in [-0.15, -0.1) is 35.3 Å². The number of hydrogen-bond donors (Lipinski definition) is 1. The average molecular weight is 496 g/mol. The maximum Gasteiger partial charge on any atom is 0.193 e. The van der Waals surface area contributed by atoms with Crippen molar-refractivity contribution in [2.75, 3.05) is 41.5 Å². The number of nitrogens with zero attached hydrogens (tertiary/aromatic N) is 3. The van der Waals surface area contributed by atoms with Gasteiger partial charge < -0.3 is 19.7 Å². The summed E-state index contributed by atoms with van der Waals surface area (Å²) in [6.07, 6.45) is 5.02. The zero-order valence-electron chi connectivity index (χ0n) is 16.6. The molecule has 1 heterocycles. The Morgan fingerprint density at radius 3 is 2.73 bits per heavy atom. The van der Waals surface area contributed by atoms with Gasteiger partial charge in [0.2, 0.25) is 0 Å². The van der Waals surface area contributed by atoms with Crippen LogP contribution < -0.4 is 5.32 Å². The van der Waals surface area contributed by atoms with Crippen LogP contribution in [0.25, 0.3) is 0 Å². The smallest absolute Gasteiger partial charge is 0.193 e. The molecule has 1 saturated carbocycles. The summed E-state index contributed by atoms with van der Waals surface area (Å²) in [6, 6.07) is 0. The molecule has 0 spiro atoms. The minimum absolute atomic E-state index is 0. The lowest BCUT2D eigenvalue weighted by molar-refractivity contribution is 0.0727. The largest absolute Gasteiger partial charge is 0.385 e. The van der Waals surface area contributed by atoms with E-state index >= 15 is 0 Å². The third-order valence-corrected chi connectivity index (χ3v) is 6.17. The normalized spacial score (nSPS) is 17.2. The number of aromatic nitrogens is 1. The third-order valence-electron chi connectivity index (χ3n) is 5.12. The Labute approximate surface area is 178 Å². The van der Waals surface area contributed by atoms with Crippen molar-refractivity contribution in [3.05, 3.63) is 16.1 Å². The quantitative estimate of drug-likeness (QED) is 0.321. The van der Waals surface area contributed by atoms with E-state index in [9.17, 15) is 0 Å². The van der Waals surface area contributed by atoms with Crippen molar-refractivity contribution in [3.63, 3.8) is 0 Å². The van der Waals surface area contributed by atoms with Crippen molar-refractivity contribution in [2.24, 2.45) is 10.4 Å². The van der Waals surface area contributed by atoms with Gasteiger partial charge in [0.15, 0.2) is 5.96 Å². The number of thiazole rings is 1. The molecule has 0 amide bonds. The number of halogens is 1. The van der Waals surface area contributed by atoms with E-state index in [4.69, 9.17) is 9.47 Å². The van der Waals surface area contributed by atoms with Crippen LogP contribution in [0.2, 0.25) is 0 Å². The fourth-order valence-electron chi connectivity index (χ4n) is 3.16. The minimum Gasteiger partial charge on any atom is -0.385 e. The Morgan fingerprint density at radius 1 is 1.46 bits per heavy atom. The van der Waals surface area contributed by atoms with Gasteiger partial charge in [0.25, 0.3) is 0 Å². The van der Waals surface area contributed by atoms with Gasteiger partial charge >= 0.3 is 0 Å². The molecule has 150 valence electrons. The molecule has 26 heavy (non-hydrogen) atoms. The highest BCUT2D eigenvalue weighted by molar-refractivity contribution is 14.0. The number of guanidine groups is 1. The van der Waals surface area contributed by atoms with Crippen molar-refractivity contribution in [1.29, 1.82) is 0 Å². The predicted octanol–water partition coefficient (Wildman–Crippen LogP) is 3.68. The van der Waals surface area contributed by atoms with Gasteiger partial charge in [-0.1, -0.05) is 6.42 Å². The second kappa shape index (κ2) is 11.4. The van der Waals surface area contributed by atoms with Gasteiger partial charge in [-0.25, -0.2) is 4.98 Å². The van der Waals surface area contributed by atoms with Gasteiger partial charge in [-0.3, -0.25) is 4.99 Å². The summed E-state index contributed by atoms with van der Waals surface area (Å²) in [5.74, 6) is 0.915. The summed E-state index contributed by atoms with van der Waals surface area (Å²) in [4.78, 5) is 11.2. The molecular weight excluding hydrogens is 463 g/mol. The van der Waals surface area contributed by atoms with Crippen LogP contribution in [0.5, 0.6) is 0 Å². The molecule has 1 aromatic rings. The van der Waals surface area contributed by atoms with E-state index in [1.807, 2.05) is 14.0 Å². The van der Waals surface area contributed by atoms with E-state index < -0.39 is 0 Å². The molecule has 1 unspecified atom stereocenters. The molecule has 0 bridgehead atoms. The molecule has 0 aromatic carbocycles. The zero-order chi connectivity index (χ0) is 18.3. The molecule has 1 aliphatic carbocycles. The Bertz CT molecular complexity index is 563. The van der Waals surface area contributed by atoms with E-state index in [0.717, 1.165) is 42.8 Å². The second-order valence-electron chi connectivity index (χ2n) is 6.91. The molecule has 8 heteroatoms. The Kier molecular flexibility index (Phi) is 10.3. The summed E-state index contributed by atoms with van der Waals surface area (Å²) in [6.45, 7) is 4.54. The standard InChI is InChI=1S/C18H32N4O2S.HI/c1-14(24-5)16-21-15(12-25-16)11-22(3)17(19-2)20-13-18(7-6-8-18)9-10-23-4;/h12,14H,6-11,13H2,1-5H3,(H,19,20);1H. The summed E-state index contributed by atoms with van der Waals surface area (Å²) >= 11 is 1.65. The molecule has 0 aliphatic heterocycles. The van der Waals surface area contributed by atoms with E-state index in [1.165, 1.54) is 19.3 Å². The molecule has 1 fully saturated rings. The first-order chi connectivity index (χ1) is 12.0. The van der Waals surface area contributed by atoms with Crippen molar-refractivity contribution in [1.82, 2.24) is 15.2 Å². The maximum atomic E-state index is 5.34. The van der Waals surface area contributed by atoms with Gasteiger partial charge in [0.1, 0.15) is 11.1 Å². The number of aliphatic imine (C=N–C) groups is 1. The number of methoxy groups -OCH3 is 2. The first-order valence-electron chi connectivity index (χ1n) is 8.91. The van der Waals surface area contributed by atoms with Crippen LogP contribution in [-0.4, -0.2) is 57.3 Å². The highest BCUT2D eigenvalue weighted by atomic mass is 127. The number of nitrogens with one attached hydrogen (secondary N) is 1. The minimum atomic E-state index is 0. The van der Waals surface area contributed by atoms with Gasteiger partial charge in [-0.05, 0) is 31.6 Å². The third kappa shape index (κ3) is 6.31. The van der Waals surface area contributed by atoms with E-state index in [2.05, 4.69) is 32.6 Å². The molecule has 1 N–H and O–H groups in total. The van der Waals surface area contributed by atoms with E-state index in [0.29, 0.717) is 5.41 Å². The summed E-state index contributed by atoms with van der Waals surface area (Å²) in [5, 5.41) is 6.67. The highest BCUT2D eigenvalue weighted by Gasteiger charge is 2.36. The molecule has 1 aliphatic rings. The van der Waals surface area contributed by atoms with Crippen LogP contribution in [0.4, 0.5) is 0 Å². The van der Waals surface area contributed by atoms with Crippen LogP contribution in [0.3, 0.4) is 0 Å². The Balaban J connectivity index is 0.00000338. The van der Waals surface area contributed by atoms with Gasteiger partial charge in [-0.2, -0.15) is 0 Å². The number of rotatable bonds is 9. The SMILES string of the molecule is CN=C(NCC1(CCOC)CCC1)N(C)Cc1csc(C(C)OC)n1.I.